The molecule has 0 unspecified atom stereocenters. The van der Waals surface area contributed by atoms with E-state index in [0.717, 1.165) is 5.56 Å². The molecule has 1 aliphatic rings. The minimum absolute atomic E-state index is 0.0130. The first-order valence-electron chi connectivity index (χ1n) is 6.93. The summed E-state index contributed by atoms with van der Waals surface area (Å²) in [6.45, 7) is 0.373. The quantitative estimate of drug-likeness (QED) is 0.798. The van der Waals surface area contributed by atoms with E-state index in [-0.39, 0.29) is 15.5 Å². The highest BCUT2D eigenvalue weighted by Gasteiger charge is 2.31. The zero-order chi connectivity index (χ0) is 16.6. The Hall–Kier alpha value is -2.05. The minimum Gasteiger partial charge on any atom is -0.465 e. The van der Waals surface area contributed by atoms with Crippen LogP contribution in [0.3, 0.4) is 0 Å². The first-order valence-corrected chi connectivity index (χ1v) is 8.75. The molecule has 1 heterocycles. The second-order valence-electron chi connectivity index (χ2n) is 5.09. The maximum Gasteiger partial charge on any atom is 0.339 e. The van der Waals surface area contributed by atoms with Crippen molar-refractivity contribution >= 4 is 33.3 Å². The lowest BCUT2D eigenvalue weighted by molar-refractivity contribution is 0.0600. The summed E-state index contributed by atoms with van der Waals surface area (Å²) in [6.07, 6.45) is 0.660. The average Bonchev–Trinajstić information content (AvgIpc) is 2.99. The molecule has 0 N–H and O–H groups in total. The van der Waals surface area contributed by atoms with E-state index in [2.05, 4.69) is 4.74 Å². The van der Waals surface area contributed by atoms with Crippen molar-refractivity contribution in [3.05, 3.63) is 58.6 Å². The molecule has 0 amide bonds. The lowest BCUT2D eigenvalue weighted by Gasteiger charge is -2.20. The number of esters is 1. The van der Waals surface area contributed by atoms with Crippen molar-refractivity contribution < 1.29 is 17.9 Å². The van der Waals surface area contributed by atoms with E-state index in [4.69, 9.17) is 11.6 Å². The number of sulfonamides is 1. The van der Waals surface area contributed by atoms with E-state index in [1.54, 1.807) is 12.1 Å². The van der Waals surface area contributed by atoms with Gasteiger partial charge in [-0.15, -0.1) is 0 Å². The number of rotatable bonds is 3. The Bertz CT molecular complexity index is 879. The third kappa shape index (κ3) is 2.68. The lowest BCUT2D eigenvalue weighted by Crippen LogP contribution is -2.29. The molecular formula is C16H14ClNO4S. The van der Waals surface area contributed by atoms with Gasteiger partial charge in [0.1, 0.15) is 0 Å². The van der Waals surface area contributed by atoms with Crippen LogP contribution in [0.25, 0.3) is 0 Å². The molecule has 0 aliphatic carbocycles. The molecule has 0 aromatic heterocycles. The maximum atomic E-state index is 12.9. The van der Waals surface area contributed by atoms with E-state index >= 15 is 0 Å². The predicted octanol–water partition coefficient (Wildman–Crippen LogP) is 2.88. The number of fused-ring (bicyclic) bond motifs is 1. The Labute approximate surface area is 139 Å². The molecule has 7 heteroatoms. The van der Waals surface area contributed by atoms with Gasteiger partial charge in [0.25, 0.3) is 10.0 Å². The average molecular weight is 352 g/mol. The fourth-order valence-electron chi connectivity index (χ4n) is 2.62. The Balaban J connectivity index is 2.07. The van der Waals surface area contributed by atoms with Crippen molar-refractivity contribution in [3.8, 4) is 0 Å². The first-order chi connectivity index (χ1) is 10.9. The van der Waals surface area contributed by atoms with E-state index in [0.29, 0.717) is 18.7 Å². The largest absolute Gasteiger partial charge is 0.465 e. The number of carbonyl (C=O) groups excluding carboxylic acids is 1. The summed E-state index contributed by atoms with van der Waals surface area (Å²) in [5.74, 6) is -0.672. The highest BCUT2D eigenvalue weighted by atomic mass is 35.5. The van der Waals surface area contributed by atoms with Gasteiger partial charge < -0.3 is 4.74 Å². The Kier molecular flexibility index (Phi) is 4.04. The van der Waals surface area contributed by atoms with Gasteiger partial charge in [0.15, 0.2) is 0 Å². The standard InChI is InChI=1S/C16H14ClNO4S/c1-22-16(19)13-10-12(6-7-14(13)17)23(20,21)18-9-8-11-4-2-3-5-15(11)18/h2-7,10H,8-9H2,1H3. The van der Waals surface area contributed by atoms with Gasteiger partial charge >= 0.3 is 5.97 Å². The van der Waals surface area contributed by atoms with Crippen LogP contribution < -0.4 is 4.31 Å². The summed E-state index contributed by atoms with van der Waals surface area (Å²) in [4.78, 5) is 11.7. The Morgan fingerprint density at radius 3 is 2.70 bits per heavy atom. The number of para-hydroxylation sites is 1. The smallest absolute Gasteiger partial charge is 0.339 e. The molecule has 3 rings (SSSR count). The topological polar surface area (TPSA) is 63.7 Å². The van der Waals surface area contributed by atoms with Crippen molar-refractivity contribution in [2.75, 3.05) is 18.0 Å². The van der Waals surface area contributed by atoms with Gasteiger partial charge in [-0.05, 0) is 36.2 Å². The number of methoxy groups -OCH3 is 1. The van der Waals surface area contributed by atoms with Crippen molar-refractivity contribution in [2.45, 2.75) is 11.3 Å². The molecule has 5 nitrogen and oxygen atoms in total. The highest BCUT2D eigenvalue weighted by molar-refractivity contribution is 7.92. The monoisotopic (exact) mass is 351 g/mol. The number of ether oxygens (including phenoxy) is 1. The molecule has 0 spiro atoms. The van der Waals surface area contributed by atoms with Crippen LogP contribution in [0.5, 0.6) is 0 Å². The molecular weight excluding hydrogens is 338 g/mol. The fraction of sp³-hybridized carbons (Fsp3) is 0.188. The SMILES string of the molecule is COC(=O)c1cc(S(=O)(=O)N2CCc3ccccc32)ccc1Cl. The number of anilines is 1. The number of carbonyl (C=O) groups is 1. The van der Waals surface area contributed by atoms with Gasteiger partial charge in [-0.3, -0.25) is 4.31 Å². The van der Waals surface area contributed by atoms with E-state index in [1.165, 1.54) is 29.6 Å². The summed E-state index contributed by atoms with van der Waals surface area (Å²) in [5.41, 5.74) is 1.68. The van der Waals surface area contributed by atoms with Crippen LogP contribution in [0.2, 0.25) is 5.02 Å². The molecule has 0 bridgehead atoms. The van der Waals surface area contributed by atoms with Crippen molar-refractivity contribution in [2.24, 2.45) is 0 Å². The maximum absolute atomic E-state index is 12.9. The molecule has 1 aliphatic heterocycles. The van der Waals surface area contributed by atoms with Gasteiger partial charge in [-0.1, -0.05) is 29.8 Å². The molecule has 0 saturated heterocycles. The number of halogens is 1. The zero-order valence-corrected chi connectivity index (χ0v) is 13.9. The summed E-state index contributed by atoms with van der Waals surface area (Å²) < 4.78 is 31.8. The fourth-order valence-corrected chi connectivity index (χ4v) is 4.34. The van der Waals surface area contributed by atoms with E-state index in [1.807, 2.05) is 12.1 Å². The molecule has 23 heavy (non-hydrogen) atoms. The van der Waals surface area contributed by atoms with Crippen LogP contribution in [0, 0.1) is 0 Å². The Morgan fingerprint density at radius 1 is 1.22 bits per heavy atom. The second kappa shape index (κ2) is 5.86. The third-order valence-corrected chi connectivity index (χ3v) is 5.91. The summed E-state index contributed by atoms with van der Waals surface area (Å²) in [5, 5.41) is 0.151. The predicted molar refractivity (Wildman–Crippen MR) is 87.5 cm³/mol. The van der Waals surface area contributed by atoms with Crippen LogP contribution >= 0.6 is 11.6 Å². The summed E-state index contributed by atoms with van der Waals surface area (Å²) in [7, 11) is -2.55. The van der Waals surface area contributed by atoms with Gasteiger partial charge in [-0.25, -0.2) is 13.2 Å². The molecule has 0 saturated carbocycles. The number of hydrogen-bond acceptors (Lipinski definition) is 4. The normalized spacial score (nSPS) is 13.7. The van der Waals surface area contributed by atoms with Crippen LogP contribution in [0.1, 0.15) is 15.9 Å². The van der Waals surface area contributed by atoms with Gasteiger partial charge in [-0.2, -0.15) is 0 Å². The van der Waals surface area contributed by atoms with Crippen LogP contribution in [-0.4, -0.2) is 28.0 Å². The number of hydrogen-bond donors (Lipinski definition) is 0. The van der Waals surface area contributed by atoms with Crippen molar-refractivity contribution in [1.29, 1.82) is 0 Å². The summed E-state index contributed by atoms with van der Waals surface area (Å²) in [6, 6.07) is 11.4. The summed E-state index contributed by atoms with van der Waals surface area (Å²) >= 11 is 5.95. The molecule has 2 aromatic carbocycles. The van der Waals surface area contributed by atoms with Crippen LogP contribution in [0.15, 0.2) is 47.4 Å². The lowest BCUT2D eigenvalue weighted by atomic mass is 10.2. The highest BCUT2D eigenvalue weighted by Crippen LogP contribution is 2.33. The molecule has 0 atom stereocenters. The van der Waals surface area contributed by atoms with Crippen LogP contribution in [0.4, 0.5) is 5.69 Å². The molecule has 0 fully saturated rings. The number of benzene rings is 2. The second-order valence-corrected chi connectivity index (χ2v) is 7.36. The van der Waals surface area contributed by atoms with Crippen molar-refractivity contribution in [1.82, 2.24) is 0 Å². The van der Waals surface area contributed by atoms with Crippen LogP contribution in [-0.2, 0) is 21.2 Å². The Morgan fingerprint density at radius 2 is 1.96 bits per heavy atom. The number of nitrogens with zero attached hydrogens (tertiary/aromatic N) is 1. The molecule has 0 radical (unpaired) electrons. The van der Waals surface area contributed by atoms with Crippen molar-refractivity contribution in [3.63, 3.8) is 0 Å². The zero-order valence-electron chi connectivity index (χ0n) is 12.3. The first kappa shape index (κ1) is 15.8. The van der Waals surface area contributed by atoms with E-state index < -0.39 is 16.0 Å². The third-order valence-electron chi connectivity index (χ3n) is 3.78. The van der Waals surface area contributed by atoms with Gasteiger partial charge in [0.05, 0.1) is 28.3 Å². The molecule has 2 aromatic rings. The molecule has 120 valence electrons. The van der Waals surface area contributed by atoms with E-state index in [9.17, 15) is 13.2 Å². The minimum atomic E-state index is -3.77. The van der Waals surface area contributed by atoms with Gasteiger partial charge in [0.2, 0.25) is 0 Å². The van der Waals surface area contributed by atoms with Gasteiger partial charge in [0, 0.05) is 6.54 Å².